The van der Waals surface area contributed by atoms with Gasteiger partial charge < -0.3 is 0 Å². The molecule has 0 fully saturated rings. The first-order chi connectivity index (χ1) is 10.3. The van der Waals surface area contributed by atoms with Crippen LogP contribution in [-0.2, 0) is 16.4 Å². The Balaban J connectivity index is 2.12. The van der Waals surface area contributed by atoms with Crippen LogP contribution in [0.15, 0.2) is 53.4 Å². The first-order valence-electron chi connectivity index (χ1n) is 7.16. The van der Waals surface area contributed by atoms with Gasteiger partial charge in [0.25, 0.3) is 10.0 Å². The van der Waals surface area contributed by atoms with Crippen LogP contribution in [0.2, 0.25) is 0 Å². The highest BCUT2D eigenvalue weighted by atomic mass is 79.9. The van der Waals surface area contributed by atoms with Crippen LogP contribution in [0, 0.1) is 6.92 Å². The Hall–Kier alpha value is -1.33. The van der Waals surface area contributed by atoms with E-state index < -0.39 is 10.0 Å². The predicted octanol–water partition coefficient (Wildman–Crippen LogP) is 3.90. The van der Waals surface area contributed by atoms with E-state index in [1.54, 1.807) is 12.1 Å². The van der Waals surface area contributed by atoms with Gasteiger partial charge >= 0.3 is 0 Å². The summed E-state index contributed by atoms with van der Waals surface area (Å²) in [6, 6.07) is 14.7. The molecule has 0 saturated heterocycles. The fourth-order valence-electron chi connectivity index (χ4n) is 2.79. The van der Waals surface area contributed by atoms with Gasteiger partial charge in [-0.3, -0.25) is 4.31 Å². The molecule has 0 radical (unpaired) electrons. The number of hydrogen-bond acceptors (Lipinski definition) is 2. The summed E-state index contributed by atoms with van der Waals surface area (Å²) in [5.74, 6) is 0. The molecule has 3 rings (SSSR count). The Morgan fingerprint density at radius 1 is 1.09 bits per heavy atom. The number of para-hydroxylation sites is 1. The van der Waals surface area contributed by atoms with Crippen molar-refractivity contribution in [1.82, 2.24) is 0 Å². The summed E-state index contributed by atoms with van der Waals surface area (Å²) in [7, 11) is -3.56. The van der Waals surface area contributed by atoms with Crippen molar-refractivity contribution in [1.29, 1.82) is 0 Å². The van der Waals surface area contributed by atoms with Crippen LogP contribution in [0.3, 0.4) is 0 Å². The normalized spacial score (nSPS) is 21.5. The second kappa shape index (κ2) is 5.39. The lowest BCUT2D eigenvalue weighted by molar-refractivity contribution is 0.572. The Labute approximate surface area is 140 Å². The maximum Gasteiger partial charge on any atom is 0.264 e. The lowest BCUT2D eigenvalue weighted by Gasteiger charge is -2.38. The number of sulfonamides is 1. The SMILES string of the molecule is Cc1ccc(S(=O)(=O)N2CC(C)(Br)Cc3ccccc32)cc1. The van der Waals surface area contributed by atoms with Crippen molar-refractivity contribution in [3.63, 3.8) is 0 Å². The molecule has 5 heteroatoms. The van der Waals surface area contributed by atoms with Gasteiger partial charge in [0.15, 0.2) is 0 Å². The van der Waals surface area contributed by atoms with Gasteiger partial charge in [0.2, 0.25) is 0 Å². The fourth-order valence-corrected chi connectivity index (χ4v) is 5.14. The average molecular weight is 380 g/mol. The van der Waals surface area contributed by atoms with Crippen LogP contribution in [0.4, 0.5) is 5.69 Å². The standard InChI is InChI=1S/C17H18BrNO2S/c1-13-7-9-15(10-8-13)22(20,21)19-12-17(2,18)11-14-5-3-4-6-16(14)19/h3-10H,11-12H2,1-2H3. The zero-order chi connectivity index (χ0) is 16.0. The first-order valence-corrected chi connectivity index (χ1v) is 9.39. The van der Waals surface area contributed by atoms with Gasteiger partial charge in [-0.1, -0.05) is 51.8 Å². The Morgan fingerprint density at radius 2 is 1.73 bits per heavy atom. The molecule has 0 amide bonds. The molecule has 1 unspecified atom stereocenters. The van der Waals surface area contributed by atoms with Crippen molar-refractivity contribution >= 4 is 31.6 Å². The highest BCUT2D eigenvalue weighted by Gasteiger charge is 2.37. The van der Waals surface area contributed by atoms with E-state index in [1.165, 1.54) is 4.31 Å². The lowest BCUT2D eigenvalue weighted by atomic mass is 9.95. The van der Waals surface area contributed by atoms with E-state index >= 15 is 0 Å². The third-order valence-electron chi connectivity index (χ3n) is 3.90. The number of fused-ring (bicyclic) bond motifs is 1. The van der Waals surface area contributed by atoms with E-state index in [0.29, 0.717) is 11.4 Å². The minimum absolute atomic E-state index is 0.265. The third-order valence-corrected chi connectivity index (χ3v) is 6.21. The van der Waals surface area contributed by atoms with Crippen molar-refractivity contribution in [2.45, 2.75) is 29.5 Å². The highest BCUT2D eigenvalue weighted by Crippen LogP contribution is 2.39. The molecule has 1 aliphatic heterocycles. The molecule has 3 nitrogen and oxygen atoms in total. The van der Waals surface area contributed by atoms with Crippen LogP contribution < -0.4 is 4.31 Å². The van der Waals surface area contributed by atoms with Gasteiger partial charge in [-0.15, -0.1) is 0 Å². The van der Waals surface area contributed by atoms with Crippen molar-refractivity contribution < 1.29 is 8.42 Å². The predicted molar refractivity (Wildman–Crippen MR) is 93.2 cm³/mol. The van der Waals surface area contributed by atoms with Crippen molar-refractivity contribution in [3.8, 4) is 0 Å². The maximum absolute atomic E-state index is 13.1. The van der Waals surface area contributed by atoms with Crippen LogP contribution >= 0.6 is 15.9 Å². The number of benzene rings is 2. The molecular formula is C17H18BrNO2S. The maximum atomic E-state index is 13.1. The second-order valence-corrected chi connectivity index (χ2v) is 9.82. The molecule has 0 aromatic heterocycles. The summed E-state index contributed by atoms with van der Waals surface area (Å²) in [5.41, 5.74) is 2.87. The molecule has 1 atom stereocenters. The minimum atomic E-state index is -3.56. The van der Waals surface area contributed by atoms with E-state index in [2.05, 4.69) is 15.9 Å². The molecule has 1 aliphatic rings. The Kier molecular flexibility index (Phi) is 3.81. The molecule has 2 aromatic rings. The molecule has 22 heavy (non-hydrogen) atoms. The summed E-state index contributed by atoms with van der Waals surface area (Å²) in [5, 5.41) is 0. The van der Waals surface area contributed by atoms with Crippen LogP contribution in [0.5, 0.6) is 0 Å². The molecule has 0 aliphatic carbocycles. The van der Waals surface area contributed by atoms with Crippen LogP contribution in [0.1, 0.15) is 18.1 Å². The molecule has 0 saturated carbocycles. The summed E-state index contributed by atoms with van der Waals surface area (Å²) in [6.07, 6.45) is 0.809. The van der Waals surface area contributed by atoms with E-state index in [4.69, 9.17) is 0 Å². The number of nitrogens with zero attached hydrogens (tertiary/aromatic N) is 1. The zero-order valence-corrected chi connectivity index (χ0v) is 15.0. The summed E-state index contributed by atoms with van der Waals surface area (Å²) >= 11 is 3.67. The number of aryl methyl sites for hydroxylation is 1. The van der Waals surface area contributed by atoms with Crippen molar-refractivity contribution in [2.24, 2.45) is 0 Å². The largest absolute Gasteiger partial charge is 0.265 e. The van der Waals surface area contributed by atoms with Gasteiger partial charge in [-0.05, 0) is 44.0 Å². The summed E-state index contributed by atoms with van der Waals surface area (Å²) < 4.78 is 27.4. The number of rotatable bonds is 2. The van der Waals surface area contributed by atoms with Crippen LogP contribution in [0.25, 0.3) is 0 Å². The Bertz CT molecular complexity index is 798. The molecular weight excluding hydrogens is 362 g/mol. The van der Waals surface area contributed by atoms with Gasteiger partial charge in [0.05, 0.1) is 10.6 Å². The van der Waals surface area contributed by atoms with Gasteiger partial charge in [0, 0.05) is 10.9 Å². The topological polar surface area (TPSA) is 37.4 Å². The van der Waals surface area contributed by atoms with Crippen molar-refractivity contribution in [2.75, 3.05) is 10.8 Å². The zero-order valence-electron chi connectivity index (χ0n) is 12.6. The molecule has 2 aromatic carbocycles. The number of alkyl halides is 1. The number of anilines is 1. The quantitative estimate of drug-likeness (QED) is 0.741. The second-order valence-electron chi connectivity index (χ2n) is 6.04. The van der Waals surface area contributed by atoms with E-state index in [0.717, 1.165) is 23.2 Å². The van der Waals surface area contributed by atoms with E-state index in [1.807, 2.05) is 50.2 Å². The van der Waals surface area contributed by atoms with Gasteiger partial charge in [-0.25, -0.2) is 8.42 Å². The fraction of sp³-hybridized carbons (Fsp3) is 0.294. The number of hydrogen-bond donors (Lipinski definition) is 0. The first kappa shape index (κ1) is 15.6. The summed E-state index contributed by atoms with van der Waals surface area (Å²) in [6.45, 7) is 4.39. The van der Waals surface area contributed by atoms with E-state index in [9.17, 15) is 8.42 Å². The average Bonchev–Trinajstić information content (AvgIpc) is 2.46. The van der Waals surface area contributed by atoms with Gasteiger partial charge in [0.1, 0.15) is 0 Å². The monoisotopic (exact) mass is 379 g/mol. The van der Waals surface area contributed by atoms with Gasteiger partial charge in [-0.2, -0.15) is 0 Å². The third kappa shape index (κ3) is 2.79. The molecule has 0 spiro atoms. The smallest absolute Gasteiger partial charge is 0.264 e. The number of halogens is 1. The molecule has 1 heterocycles. The highest BCUT2D eigenvalue weighted by molar-refractivity contribution is 9.10. The summed E-state index contributed by atoms with van der Waals surface area (Å²) in [4.78, 5) is 0.332. The minimum Gasteiger partial charge on any atom is -0.265 e. The molecule has 0 N–H and O–H groups in total. The van der Waals surface area contributed by atoms with Crippen LogP contribution in [-0.4, -0.2) is 19.3 Å². The van der Waals surface area contributed by atoms with E-state index in [-0.39, 0.29) is 4.32 Å². The molecule has 116 valence electrons. The lowest BCUT2D eigenvalue weighted by Crippen LogP contribution is -2.46. The van der Waals surface area contributed by atoms with Crippen molar-refractivity contribution in [3.05, 3.63) is 59.7 Å². The Morgan fingerprint density at radius 3 is 2.41 bits per heavy atom. The molecule has 0 bridgehead atoms.